The van der Waals surface area contributed by atoms with Crippen LogP contribution < -0.4 is 20.1 Å². The van der Waals surface area contributed by atoms with Crippen molar-refractivity contribution in [3.63, 3.8) is 0 Å². The van der Waals surface area contributed by atoms with Gasteiger partial charge in [0.15, 0.2) is 5.96 Å². The standard InChI is InChI=1S/C18H25N3O3.HI/c1-4-19-18(20-10-9-15-6-5-11-24-15)21-13-14-7-8-16(22-2)12-17(14)23-3;/h5-8,11-12H,4,9-10,13H2,1-3H3,(H2,19,20,21);1H. The summed E-state index contributed by atoms with van der Waals surface area (Å²) >= 11 is 0. The zero-order chi connectivity index (χ0) is 17.2. The van der Waals surface area contributed by atoms with Crippen LogP contribution >= 0.6 is 24.0 Å². The Bertz CT molecular complexity index is 645. The number of hydrogen-bond acceptors (Lipinski definition) is 4. The van der Waals surface area contributed by atoms with E-state index in [0.29, 0.717) is 6.54 Å². The molecule has 0 radical (unpaired) electrons. The van der Waals surface area contributed by atoms with Crippen molar-refractivity contribution in [3.8, 4) is 11.5 Å². The molecule has 25 heavy (non-hydrogen) atoms. The van der Waals surface area contributed by atoms with E-state index in [1.54, 1.807) is 20.5 Å². The minimum Gasteiger partial charge on any atom is -0.497 e. The predicted molar refractivity (Wildman–Crippen MR) is 110 cm³/mol. The molecular weight excluding hydrogens is 433 g/mol. The maximum atomic E-state index is 5.41. The van der Waals surface area contributed by atoms with Crippen LogP contribution in [-0.2, 0) is 13.0 Å². The molecule has 0 amide bonds. The Morgan fingerprint density at radius 1 is 1.16 bits per heavy atom. The number of hydrogen-bond donors (Lipinski definition) is 2. The molecule has 0 bridgehead atoms. The summed E-state index contributed by atoms with van der Waals surface area (Å²) in [5.41, 5.74) is 1.00. The van der Waals surface area contributed by atoms with E-state index >= 15 is 0 Å². The van der Waals surface area contributed by atoms with Gasteiger partial charge in [-0.15, -0.1) is 24.0 Å². The van der Waals surface area contributed by atoms with Crippen molar-refractivity contribution in [3.05, 3.63) is 47.9 Å². The zero-order valence-corrected chi connectivity index (χ0v) is 17.2. The van der Waals surface area contributed by atoms with Crippen LogP contribution in [0.15, 0.2) is 46.0 Å². The number of nitrogens with one attached hydrogen (secondary N) is 2. The van der Waals surface area contributed by atoms with Gasteiger partial charge in [0.1, 0.15) is 17.3 Å². The first kappa shape index (κ1) is 21.1. The summed E-state index contributed by atoms with van der Waals surface area (Å²) in [4.78, 5) is 4.61. The van der Waals surface area contributed by atoms with Crippen LogP contribution in [-0.4, -0.2) is 33.3 Å². The Morgan fingerprint density at radius 2 is 2.00 bits per heavy atom. The summed E-state index contributed by atoms with van der Waals surface area (Å²) < 4.78 is 16.0. The highest BCUT2D eigenvalue weighted by atomic mass is 127. The van der Waals surface area contributed by atoms with E-state index in [2.05, 4.69) is 15.6 Å². The smallest absolute Gasteiger partial charge is 0.191 e. The molecule has 7 heteroatoms. The SMILES string of the molecule is CCNC(=NCc1ccc(OC)cc1OC)NCCc1ccco1.I. The van der Waals surface area contributed by atoms with Gasteiger partial charge in [-0.05, 0) is 31.2 Å². The molecule has 1 aromatic carbocycles. The molecule has 0 aliphatic heterocycles. The van der Waals surface area contributed by atoms with Crippen LogP contribution in [0.3, 0.4) is 0 Å². The number of furan rings is 1. The van der Waals surface area contributed by atoms with Crippen LogP contribution in [0.2, 0.25) is 0 Å². The lowest BCUT2D eigenvalue weighted by molar-refractivity contribution is 0.391. The molecule has 2 aromatic rings. The molecular formula is C18H26IN3O3. The first-order chi connectivity index (χ1) is 11.8. The van der Waals surface area contributed by atoms with Crippen LogP contribution in [0.5, 0.6) is 11.5 Å². The number of ether oxygens (including phenoxy) is 2. The number of rotatable bonds is 8. The van der Waals surface area contributed by atoms with E-state index in [1.165, 1.54) is 0 Å². The van der Waals surface area contributed by atoms with E-state index in [-0.39, 0.29) is 24.0 Å². The molecule has 1 aromatic heterocycles. The number of halogens is 1. The average Bonchev–Trinajstić information content (AvgIpc) is 3.13. The largest absolute Gasteiger partial charge is 0.497 e. The van der Waals surface area contributed by atoms with Crippen LogP contribution in [0.25, 0.3) is 0 Å². The van der Waals surface area contributed by atoms with Crippen molar-refractivity contribution in [2.24, 2.45) is 4.99 Å². The minimum absolute atomic E-state index is 0. The Morgan fingerprint density at radius 3 is 2.64 bits per heavy atom. The summed E-state index contributed by atoms with van der Waals surface area (Å²) in [6.45, 7) is 4.10. The lowest BCUT2D eigenvalue weighted by Gasteiger charge is -2.12. The molecule has 0 fully saturated rings. The Hall–Kier alpha value is -1.90. The number of guanidine groups is 1. The maximum absolute atomic E-state index is 5.41. The minimum atomic E-state index is 0. The topological polar surface area (TPSA) is 68.0 Å². The van der Waals surface area contributed by atoms with Crippen LogP contribution in [0.1, 0.15) is 18.2 Å². The summed E-state index contributed by atoms with van der Waals surface area (Å²) in [6, 6.07) is 9.60. The highest BCUT2D eigenvalue weighted by Crippen LogP contribution is 2.25. The fourth-order valence-corrected chi connectivity index (χ4v) is 2.25. The molecule has 0 unspecified atom stereocenters. The van der Waals surface area contributed by atoms with Gasteiger partial charge in [-0.2, -0.15) is 0 Å². The molecule has 0 aliphatic carbocycles. The van der Waals surface area contributed by atoms with Gasteiger partial charge >= 0.3 is 0 Å². The summed E-state index contributed by atoms with van der Waals surface area (Å²) in [7, 11) is 3.29. The lowest BCUT2D eigenvalue weighted by atomic mass is 10.2. The summed E-state index contributed by atoms with van der Waals surface area (Å²) in [5.74, 6) is 3.25. The van der Waals surface area contributed by atoms with Gasteiger partial charge in [0.25, 0.3) is 0 Å². The quantitative estimate of drug-likeness (QED) is 0.361. The Balaban J connectivity index is 0.00000312. The van der Waals surface area contributed by atoms with Gasteiger partial charge in [-0.25, -0.2) is 4.99 Å². The summed E-state index contributed by atoms with van der Waals surface area (Å²) in [6.07, 6.45) is 2.49. The first-order valence-electron chi connectivity index (χ1n) is 8.02. The third kappa shape index (κ3) is 6.85. The Labute approximate surface area is 166 Å². The molecule has 2 N–H and O–H groups in total. The number of methoxy groups -OCH3 is 2. The van der Waals surface area contributed by atoms with Crippen molar-refractivity contribution in [1.29, 1.82) is 0 Å². The maximum Gasteiger partial charge on any atom is 0.191 e. The van der Waals surface area contributed by atoms with Gasteiger partial charge in [-0.1, -0.05) is 0 Å². The zero-order valence-electron chi connectivity index (χ0n) is 14.9. The molecule has 2 rings (SSSR count). The van der Waals surface area contributed by atoms with Gasteiger partial charge in [0, 0.05) is 31.1 Å². The number of aliphatic imine (C=N–C) groups is 1. The predicted octanol–water partition coefficient (Wildman–Crippen LogP) is 3.21. The molecule has 0 spiro atoms. The second-order valence-electron chi connectivity index (χ2n) is 5.13. The van der Waals surface area contributed by atoms with E-state index in [1.807, 2.05) is 37.3 Å². The van der Waals surface area contributed by atoms with Crippen molar-refractivity contribution in [1.82, 2.24) is 10.6 Å². The van der Waals surface area contributed by atoms with Crippen molar-refractivity contribution in [2.75, 3.05) is 27.3 Å². The number of nitrogens with zero attached hydrogens (tertiary/aromatic N) is 1. The van der Waals surface area contributed by atoms with Crippen molar-refractivity contribution in [2.45, 2.75) is 19.9 Å². The third-order valence-corrected chi connectivity index (χ3v) is 3.49. The van der Waals surface area contributed by atoms with Gasteiger partial charge in [0.2, 0.25) is 0 Å². The lowest BCUT2D eigenvalue weighted by Crippen LogP contribution is -2.38. The number of benzene rings is 1. The van der Waals surface area contributed by atoms with Gasteiger partial charge in [0.05, 0.1) is 27.0 Å². The van der Waals surface area contributed by atoms with E-state index in [4.69, 9.17) is 13.9 Å². The highest BCUT2D eigenvalue weighted by molar-refractivity contribution is 14.0. The van der Waals surface area contributed by atoms with Crippen molar-refractivity contribution < 1.29 is 13.9 Å². The monoisotopic (exact) mass is 459 g/mol. The second-order valence-corrected chi connectivity index (χ2v) is 5.13. The normalized spacial score (nSPS) is 10.8. The Kier molecular flexibility index (Phi) is 9.83. The fourth-order valence-electron chi connectivity index (χ4n) is 2.25. The molecule has 0 atom stereocenters. The first-order valence-corrected chi connectivity index (χ1v) is 8.02. The molecule has 0 aliphatic rings. The highest BCUT2D eigenvalue weighted by Gasteiger charge is 2.05. The second kappa shape index (κ2) is 11.6. The molecule has 0 saturated carbocycles. The van der Waals surface area contributed by atoms with E-state index < -0.39 is 0 Å². The van der Waals surface area contributed by atoms with Crippen LogP contribution in [0, 0.1) is 0 Å². The average molecular weight is 459 g/mol. The molecule has 0 saturated heterocycles. The molecule has 6 nitrogen and oxygen atoms in total. The van der Waals surface area contributed by atoms with Gasteiger partial charge in [-0.3, -0.25) is 0 Å². The van der Waals surface area contributed by atoms with E-state index in [0.717, 1.165) is 48.3 Å². The van der Waals surface area contributed by atoms with Crippen molar-refractivity contribution >= 4 is 29.9 Å². The molecule has 1 heterocycles. The summed E-state index contributed by atoms with van der Waals surface area (Å²) in [5, 5.41) is 6.54. The van der Waals surface area contributed by atoms with E-state index in [9.17, 15) is 0 Å². The van der Waals surface area contributed by atoms with Gasteiger partial charge < -0.3 is 24.5 Å². The fraction of sp³-hybridized carbons (Fsp3) is 0.389. The third-order valence-electron chi connectivity index (χ3n) is 3.49. The van der Waals surface area contributed by atoms with Crippen LogP contribution in [0.4, 0.5) is 0 Å². The molecule has 138 valence electrons.